The molecular formula is C15H23NO4. The van der Waals surface area contributed by atoms with Gasteiger partial charge in [0.05, 0.1) is 38.1 Å². The molecule has 0 heterocycles. The predicted octanol–water partition coefficient (Wildman–Crippen LogP) is 1.74. The average Bonchev–Trinajstić information content (AvgIpc) is 2.42. The fourth-order valence-electron chi connectivity index (χ4n) is 1.56. The molecule has 0 aliphatic heterocycles. The van der Waals surface area contributed by atoms with Crippen LogP contribution in [0.2, 0.25) is 0 Å². The van der Waals surface area contributed by atoms with E-state index in [-0.39, 0.29) is 12.1 Å². The van der Waals surface area contributed by atoms with E-state index in [2.05, 4.69) is 0 Å². The quantitative estimate of drug-likeness (QED) is 0.551. The Hall–Kier alpha value is -1.43. The highest BCUT2D eigenvalue weighted by Crippen LogP contribution is 2.09. The van der Waals surface area contributed by atoms with Crippen LogP contribution in [0.25, 0.3) is 0 Å². The standard InChI is InChI=1S/C15H23NO4/c1-12(2)20-15(17)14-5-3-4-13(10-14)11-19-9-8-18-7-6-16/h3-5,10,12H,6-9,11,16H2,1-2H3. The molecule has 0 atom stereocenters. The van der Waals surface area contributed by atoms with Gasteiger partial charge < -0.3 is 19.9 Å². The molecule has 0 amide bonds. The Labute approximate surface area is 120 Å². The van der Waals surface area contributed by atoms with E-state index in [0.29, 0.717) is 38.5 Å². The summed E-state index contributed by atoms with van der Waals surface area (Å²) < 4.78 is 15.8. The van der Waals surface area contributed by atoms with E-state index in [1.54, 1.807) is 12.1 Å². The summed E-state index contributed by atoms with van der Waals surface area (Å²) in [6.07, 6.45) is -0.123. The van der Waals surface area contributed by atoms with Gasteiger partial charge in [-0.2, -0.15) is 0 Å². The van der Waals surface area contributed by atoms with Gasteiger partial charge in [0.1, 0.15) is 0 Å². The lowest BCUT2D eigenvalue weighted by Crippen LogP contribution is -2.12. The first kappa shape index (κ1) is 16.6. The lowest BCUT2D eigenvalue weighted by Gasteiger charge is -2.09. The topological polar surface area (TPSA) is 70.8 Å². The van der Waals surface area contributed by atoms with Gasteiger partial charge in [0.15, 0.2) is 0 Å². The first-order valence-electron chi connectivity index (χ1n) is 6.79. The molecular weight excluding hydrogens is 258 g/mol. The largest absolute Gasteiger partial charge is 0.459 e. The molecule has 1 aromatic carbocycles. The number of rotatable bonds is 9. The molecule has 0 saturated carbocycles. The molecule has 5 nitrogen and oxygen atoms in total. The molecule has 0 fully saturated rings. The van der Waals surface area contributed by atoms with Gasteiger partial charge >= 0.3 is 5.97 Å². The van der Waals surface area contributed by atoms with Crippen molar-refractivity contribution in [3.8, 4) is 0 Å². The monoisotopic (exact) mass is 281 g/mol. The van der Waals surface area contributed by atoms with Crippen LogP contribution in [-0.4, -0.2) is 38.4 Å². The molecule has 0 radical (unpaired) electrons. The van der Waals surface area contributed by atoms with E-state index in [1.165, 1.54) is 0 Å². The summed E-state index contributed by atoms with van der Waals surface area (Å²) in [5.41, 5.74) is 6.78. The number of ether oxygens (including phenoxy) is 3. The zero-order valence-corrected chi connectivity index (χ0v) is 12.1. The SMILES string of the molecule is CC(C)OC(=O)c1cccc(COCCOCCN)c1. The zero-order valence-electron chi connectivity index (χ0n) is 12.1. The number of hydrogen-bond acceptors (Lipinski definition) is 5. The van der Waals surface area contributed by atoms with Crippen molar-refractivity contribution in [2.75, 3.05) is 26.4 Å². The van der Waals surface area contributed by atoms with E-state index in [9.17, 15) is 4.79 Å². The highest BCUT2D eigenvalue weighted by molar-refractivity contribution is 5.89. The third-order valence-electron chi connectivity index (χ3n) is 2.41. The summed E-state index contributed by atoms with van der Waals surface area (Å²) in [6, 6.07) is 7.25. The molecule has 1 rings (SSSR count). The first-order chi connectivity index (χ1) is 9.63. The third-order valence-corrected chi connectivity index (χ3v) is 2.41. The van der Waals surface area contributed by atoms with Gasteiger partial charge in [-0.3, -0.25) is 0 Å². The van der Waals surface area contributed by atoms with Crippen LogP contribution in [0.4, 0.5) is 0 Å². The zero-order chi connectivity index (χ0) is 14.8. The summed E-state index contributed by atoms with van der Waals surface area (Å²) >= 11 is 0. The summed E-state index contributed by atoms with van der Waals surface area (Å²) in [6.45, 7) is 6.17. The van der Waals surface area contributed by atoms with Crippen molar-refractivity contribution in [2.45, 2.75) is 26.6 Å². The Morgan fingerprint density at radius 2 is 1.95 bits per heavy atom. The molecule has 0 spiro atoms. The maximum atomic E-state index is 11.8. The number of carbonyl (C=O) groups is 1. The van der Waals surface area contributed by atoms with E-state index in [0.717, 1.165) is 5.56 Å². The molecule has 0 aliphatic carbocycles. The van der Waals surface area contributed by atoms with Crippen molar-refractivity contribution in [2.24, 2.45) is 5.73 Å². The van der Waals surface area contributed by atoms with E-state index in [4.69, 9.17) is 19.9 Å². The molecule has 0 aromatic heterocycles. The molecule has 2 N–H and O–H groups in total. The van der Waals surface area contributed by atoms with Gasteiger partial charge in [0.25, 0.3) is 0 Å². The van der Waals surface area contributed by atoms with Gasteiger partial charge in [-0.25, -0.2) is 4.79 Å². The second kappa shape index (κ2) is 9.47. The van der Waals surface area contributed by atoms with Gasteiger partial charge in [0.2, 0.25) is 0 Å². The van der Waals surface area contributed by atoms with Crippen molar-refractivity contribution >= 4 is 5.97 Å². The van der Waals surface area contributed by atoms with Gasteiger partial charge in [-0.05, 0) is 31.5 Å². The van der Waals surface area contributed by atoms with Gasteiger partial charge in [-0.1, -0.05) is 12.1 Å². The van der Waals surface area contributed by atoms with E-state index >= 15 is 0 Å². The number of esters is 1. The minimum Gasteiger partial charge on any atom is -0.459 e. The molecule has 112 valence electrons. The lowest BCUT2D eigenvalue weighted by atomic mass is 10.1. The maximum Gasteiger partial charge on any atom is 0.338 e. The van der Waals surface area contributed by atoms with Crippen molar-refractivity contribution in [1.29, 1.82) is 0 Å². The molecule has 0 bridgehead atoms. The number of carbonyl (C=O) groups excluding carboxylic acids is 1. The molecule has 0 saturated heterocycles. The van der Waals surface area contributed by atoms with Crippen LogP contribution in [-0.2, 0) is 20.8 Å². The summed E-state index contributed by atoms with van der Waals surface area (Å²) in [7, 11) is 0. The first-order valence-corrected chi connectivity index (χ1v) is 6.79. The lowest BCUT2D eigenvalue weighted by molar-refractivity contribution is 0.0374. The van der Waals surface area contributed by atoms with Gasteiger partial charge in [-0.15, -0.1) is 0 Å². The average molecular weight is 281 g/mol. The van der Waals surface area contributed by atoms with Crippen molar-refractivity contribution in [1.82, 2.24) is 0 Å². The summed E-state index contributed by atoms with van der Waals surface area (Å²) in [4.78, 5) is 11.8. The molecule has 1 aromatic rings. The van der Waals surface area contributed by atoms with Crippen LogP contribution >= 0.6 is 0 Å². The molecule has 20 heavy (non-hydrogen) atoms. The highest BCUT2D eigenvalue weighted by atomic mass is 16.5. The van der Waals surface area contributed by atoms with Crippen LogP contribution < -0.4 is 5.73 Å². The van der Waals surface area contributed by atoms with Crippen LogP contribution in [0.15, 0.2) is 24.3 Å². The number of hydrogen-bond donors (Lipinski definition) is 1. The van der Waals surface area contributed by atoms with Crippen LogP contribution in [0.5, 0.6) is 0 Å². The van der Waals surface area contributed by atoms with Gasteiger partial charge in [0, 0.05) is 6.54 Å². The highest BCUT2D eigenvalue weighted by Gasteiger charge is 2.09. The fourth-order valence-corrected chi connectivity index (χ4v) is 1.56. The molecule has 0 aliphatic rings. The number of benzene rings is 1. The normalized spacial score (nSPS) is 10.8. The molecule has 5 heteroatoms. The minimum absolute atomic E-state index is 0.123. The maximum absolute atomic E-state index is 11.8. The summed E-state index contributed by atoms with van der Waals surface area (Å²) in [5, 5.41) is 0. The van der Waals surface area contributed by atoms with E-state index in [1.807, 2.05) is 26.0 Å². The minimum atomic E-state index is -0.312. The Kier molecular flexibility index (Phi) is 7.87. The molecule has 0 unspecified atom stereocenters. The Morgan fingerprint density at radius 1 is 1.20 bits per heavy atom. The van der Waals surface area contributed by atoms with Crippen LogP contribution in [0, 0.1) is 0 Å². The Bertz CT molecular complexity index is 407. The Morgan fingerprint density at radius 3 is 2.65 bits per heavy atom. The summed E-state index contributed by atoms with van der Waals surface area (Å²) in [5.74, 6) is -0.312. The fraction of sp³-hybridized carbons (Fsp3) is 0.533. The number of nitrogens with two attached hydrogens (primary N) is 1. The smallest absolute Gasteiger partial charge is 0.338 e. The second-order valence-electron chi connectivity index (χ2n) is 4.61. The van der Waals surface area contributed by atoms with Crippen LogP contribution in [0.1, 0.15) is 29.8 Å². The Balaban J connectivity index is 2.38. The van der Waals surface area contributed by atoms with E-state index < -0.39 is 0 Å². The van der Waals surface area contributed by atoms with Crippen molar-refractivity contribution < 1.29 is 19.0 Å². The van der Waals surface area contributed by atoms with Crippen molar-refractivity contribution in [3.05, 3.63) is 35.4 Å². The second-order valence-corrected chi connectivity index (χ2v) is 4.61. The van der Waals surface area contributed by atoms with Crippen molar-refractivity contribution in [3.63, 3.8) is 0 Å². The predicted molar refractivity (Wildman–Crippen MR) is 76.5 cm³/mol. The van der Waals surface area contributed by atoms with Crippen LogP contribution in [0.3, 0.4) is 0 Å². The third kappa shape index (κ3) is 6.65.